The lowest BCUT2D eigenvalue weighted by Crippen LogP contribution is -1.89. The summed E-state index contributed by atoms with van der Waals surface area (Å²) in [7, 11) is 1.58. The van der Waals surface area contributed by atoms with Gasteiger partial charge in [0, 0.05) is 12.6 Å². The van der Waals surface area contributed by atoms with Crippen molar-refractivity contribution in [2.45, 2.75) is 6.42 Å². The van der Waals surface area contributed by atoms with Crippen LogP contribution < -0.4 is 4.74 Å². The van der Waals surface area contributed by atoms with Crippen molar-refractivity contribution in [3.8, 4) is 5.75 Å². The molecule has 0 atom stereocenters. The highest BCUT2D eigenvalue weighted by Crippen LogP contribution is 2.26. The fourth-order valence-corrected chi connectivity index (χ4v) is 2.51. The van der Waals surface area contributed by atoms with Gasteiger partial charge in [0.1, 0.15) is 5.75 Å². The zero-order valence-electron chi connectivity index (χ0n) is 9.14. The Hall–Kier alpha value is -1.39. The molecule has 1 aromatic heterocycles. The third kappa shape index (κ3) is 2.84. The van der Waals surface area contributed by atoms with Crippen LogP contribution in [0.3, 0.4) is 0 Å². The van der Waals surface area contributed by atoms with E-state index in [1.807, 2.05) is 18.2 Å². The number of rotatable bonds is 4. The molecule has 0 spiro atoms. The Morgan fingerprint density at radius 1 is 1.53 bits per heavy atom. The number of hydrogen-bond donors (Lipinski definition) is 0. The monoisotopic (exact) mass is 267 g/mol. The number of methoxy groups -OCH3 is 1. The Kier molecular flexibility index (Phi) is 3.76. The van der Waals surface area contributed by atoms with Gasteiger partial charge in [-0.1, -0.05) is 17.7 Å². The van der Waals surface area contributed by atoms with Crippen molar-refractivity contribution in [2.75, 3.05) is 7.11 Å². The third-order valence-electron chi connectivity index (χ3n) is 2.26. The Bertz CT molecular complexity index is 539. The molecule has 88 valence electrons. The molecule has 0 saturated carbocycles. The number of aromatic nitrogens is 1. The van der Waals surface area contributed by atoms with Gasteiger partial charge in [-0.05, 0) is 17.7 Å². The fourth-order valence-electron chi connectivity index (χ4n) is 1.46. The molecule has 3 nitrogen and oxygen atoms in total. The van der Waals surface area contributed by atoms with E-state index in [2.05, 4.69) is 4.98 Å². The minimum absolute atomic E-state index is 0.581. The minimum Gasteiger partial charge on any atom is -0.495 e. The van der Waals surface area contributed by atoms with Gasteiger partial charge in [-0.3, -0.25) is 4.79 Å². The number of benzene rings is 1. The van der Waals surface area contributed by atoms with Crippen molar-refractivity contribution in [3.63, 3.8) is 0 Å². The van der Waals surface area contributed by atoms with E-state index in [9.17, 15) is 4.79 Å². The van der Waals surface area contributed by atoms with Gasteiger partial charge in [-0.25, -0.2) is 4.98 Å². The smallest absolute Gasteiger partial charge is 0.161 e. The maximum atomic E-state index is 10.5. The predicted octanol–water partition coefficient (Wildman–Crippen LogP) is 3.21. The Labute approximate surface area is 108 Å². The summed E-state index contributed by atoms with van der Waals surface area (Å²) in [5.41, 5.74) is 1.04. The quantitative estimate of drug-likeness (QED) is 0.799. The molecule has 0 aliphatic rings. The largest absolute Gasteiger partial charge is 0.495 e. The molecule has 1 aromatic carbocycles. The summed E-state index contributed by atoms with van der Waals surface area (Å²) in [6, 6.07) is 5.61. The molecular weight excluding hydrogens is 258 g/mol. The first kappa shape index (κ1) is 12.1. The number of carbonyl (C=O) groups excluding carboxylic acids is 1. The van der Waals surface area contributed by atoms with Crippen molar-refractivity contribution in [1.29, 1.82) is 0 Å². The highest BCUT2D eigenvalue weighted by Gasteiger charge is 2.05. The molecule has 2 rings (SSSR count). The standard InChI is InChI=1S/C12H10ClNO2S/c1-16-11-3-2-8(4-10(11)13)5-12-14-6-9(7-15)17-12/h2-4,6-7H,5H2,1H3. The Morgan fingerprint density at radius 2 is 2.35 bits per heavy atom. The topological polar surface area (TPSA) is 39.2 Å². The Balaban J connectivity index is 2.18. The van der Waals surface area contributed by atoms with Crippen molar-refractivity contribution in [1.82, 2.24) is 4.98 Å². The second kappa shape index (κ2) is 5.29. The molecule has 0 unspecified atom stereocenters. The minimum atomic E-state index is 0.581. The van der Waals surface area contributed by atoms with Crippen molar-refractivity contribution in [2.24, 2.45) is 0 Å². The highest BCUT2D eigenvalue weighted by atomic mass is 35.5. The predicted molar refractivity (Wildman–Crippen MR) is 68.3 cm³/mol. The molecule has 0 aliphatic carbocycles. The second-order valence-electron chi connectivity index (χ2n) is 3.42. The van der Waals surface area contributed by atoms with Crippen LogP contribution in [0.1, 0.15) is 20.2 Å². The van der Waals surface area contributed by atoms with Crippen LogP contribution in [0.5, 0.6) is 5.75 Å². The van der Waals surface area contributed by atoms with Crippen LogP contribution in [-0.2, 0) is 6.42 Å². The number of carbonyl (C=O) groups is 1. The molecule has 0 fully saturated rings. The average molecular weight is 268 g/mol. The molecule has 2 aromatic rings. The van der Waals surface area contributed by atoms with E-state index in [1.54, 1.807) is 13.3 Å². The van der Waals surface area contributed by atoms with Crippen molar-refractivity contribution in [3.05, 3.63) is 44.9 Å². The van der Waals surface area contributed by atoms with E-state index >= 15 is 0 Å². The Morgan fingerprint density at radius 3 is 2.94 bits per heavy atom. The summed E-state index contributed by atoms with van der Waals surface area (Å²) >= 11 is 7.42. The summed E-state index contributed by atoms with van der Waals surface area (Å²) in [6.45, 7) is 0. The lowest BCUT2D eigenvalue weighted by molar-refractivity contribution is 0.112. The lowest BCUT2D eigenvalue weighted by Gasteiger charge is -2.04. The maximum absolute atomic E-state index is 10.5. The SMILES string of the molecule is COc1ccc(Cc2ncc(C=O)s2)cc1Cl. The second-order valence-corrected chi connectivity index (χ2v) is 4.97. The van der Waals surface area contributed by atoms with E-state index < -0.39 is 0 Å². The van der Waals surface area contributed by atoms with Gasteiger partial charge < -0.3 is 4.74 Å². The molecule has 1 heterocycles. The fraction of sp³-hybridized carbons (Fsp3) is 0.167. The summed E-state index contributed by atoms with van der Waals surface area (Å²) in [5, 5.41) is 1.48. The summed E-state index contributed by atoms with van der Waals surface area (Å²) in [5.74, 6) is 0.656. The molecule has 0 bridgehead atoms. The van der Waals surface area contributed by atoms with Gasteiger partial charge >= 0.3 is 0 Å². The number of thiazole rings is 1. The summed E-state index contributed by atoms with van der Waals surface area (Å²) in [4.78, 5) is 15.3. The molecular formula is C12H10ClNO2S. The van der Waals surface area contributed by atoms with Gasteiger partial charge in [0.2, 0.25) is 0 Å². The number of ether oxygens (including phenoxy) is 1. The van der Waals surface area contributed by atoms with Crippen LogP contribution in [0.25, 0.3) is 0 Å². The van der Waals surface area contributed by atoms with E-state index in [1.165, 1.54) is 11.3 Å². The van der Waals surface area contributed by atoms with Crippen LogP contribution in [-0.4, -0.2) is 18.4 Å². The van der Waals surface area contributed by atoms with Crippen LogP contribution in [0.4, 0.5) is 0 Å². The number of hydrogen-bond acceptors (Lipinski definition) is 4. The van der Waals surface area contributed by atoms with Crippen LogP contribution in [0.2, 0.25) is 5.02 Å². The molecule has 0 amide bonds. The third-order valence-corrected chi connectivity index (χ3v) is 3.48. The van der Waals surface area contributed by atoms with Crippen LogP contribution in [0, 0.1) is 0 Å². The normalized spacial score (nSPS) is 10.2. The summed E-state index contributed by atoms with van der Waals surface area (Å²) < 4.78 is 5.08. The van der Waals surface area contributed by atoms with Gasteiger partial charge in [0.25, 0.3) is 0 Å². The van der Waals surface area contributed by atoms with Gasteiger partial charge in [0.15, 0.2) is 6.29 Å². The molecule has 0 radical (unpaired) electrons. The van der Waals surface area contributed by atoms with Gasteiger partial charge in [-0.15, -0.1) is 11.3 Å². The molecule has 0 N–H and O–H groups in total. The van der Waals surface area contributed by atoms with Crippen molar-refractivity contribution >= 4 is 29.2 Å². The molecule has 17 heavy (non-hydrogen) atoms. The zero-order chi connectivity index (χ0) is 12.3. The average Bonchev–Trinajstić information content (AvgIpc) is 2.77. The van der Waals surface area contributed by atoms with E-state index in [4.69, 9.17) is 16.3 Å². The lowest BCUT2D eigenvalue weighted by atomic mass is 10.1. The molecule has 0 saturated heterocycles. The first-order valence-electron chi connectivity index (χ1n) is 4.95. The van der Waals surface area contributed by atoms with Crippen molar-refractivity contribution < 1.29 is 9.53 Å². The zero-order valence-corrected chi connectivity index (χ0v) is 10.7. The van der Waals surface area contributed by atoms with E-state index in [0.29, 0.717) is 22.1 Å². The molecule has 5 heteroatoms. The number of halogens is 1. The first-order valence-corrected chi connectivity index (χ1v) is 6.14. The van der Waals surface area contributed by atoms with Crippen LogP contribution in [0.15, 0.2) is 24.4 Å². The molecule has 0 aliphatic heterocycles. The van der Waals surface area contributed by atoms with Gasteiger partial charge in [-0.2, -0.15) is 0 Å². The van der Waals surface area contributed by atoms with E-state index in [-0.39, 0.29) is 0 Å². The van der Waals surface area contributed by atoms with E-state index in [0.717, 1.165) is 16.9 Å². The highest BCUT2D eigenvalue weighted by molar-refractivity contribution is 7.13. The number of nitrogens with zero attached hydrogens (tertiary/aromatic N) is 1. The number of aldehydes is 1. The van der Waals surface area contributed by atoms with Crippen LogP contribution >= 0.6 is 22.9 Å². The van der Waals surface area contributed by atoms with Gasteiger partial charge in [0.05, 0.1) is 22.0 Å². The maximum Gasteiger partial charge on any atom is 0.161 e. The first-order chi connectivity index (χ1) is 8.22. The summed E-state index contributed by atoms with van der Waals surface area (Å²) in [6.07, 6.45) is 3.06.